The van der Waals surface area contributed by atoms with Crippen molar-refractivity contribution in [2.24, 2.45) is 0 Å². The molecule has 0 aliphatic carbocycles. The van der Waals surface area contributed by atoms with E-state index in [1.54, 1.807) is 24.3 Å². The molecule has 0 spiro atoms. The molecule has 3 heterocycles. The number of hydrogen-bond acceptors (Lipinski definition) is 8. The second-order valence-corrected chi connectivity index (χ2v) is 5.89. The van der Waals surface area contributed by atoms with Gasteiger partial charge in [-0.2, -0.15) is 16.3 Å². The molecule has 0 bridgehead atoms. The van der Waals surface area contributed by atoms with Gasteiger partial charge >= 0.3 is 11.7 Å². The maximum Gasteiger partial charge on any atom is 0.420 e. The van der Waals surface area contributed by atoms with Crippen molar-refractivity contribution < 1.29 is 18.5 Å². The number of ether oxygens (including phenoxy) is 1. The molecule has 0 unspecified atom stereocenters. The molecule has 0 saturated heterocycles. The van der Waals surface area contributed by atoms with Crippen molar-refractivity contribution in [1.29, 1.82) is 0 Å². The lowest BCUT2D eigenvalue weighted by Crippen LogP contribution is -2.21. The van der Waals surface area contributed by atoms with Crippen LogP contribution in [0.3, 0.4) is 0 Å². The van der Waals surface area contributed by atoms with Crippen LogP contribution in [0.4, 0.5) is 0 Å². The summed E-state index contributed by atoms with van der Waals surface area (Å²) >= 11 is 1.52. The fourth-order valence-corrected chi connectivity index (χ4v) is 2.94. The Labute approximate surface area is 144 Å². The molecule has 8 nitrogen and oxygen atoms in total. The molecule has 0 fully saturated rings. The van der Waals surface area contributed by atoms with Crippen LogP contribution < -0.4 is 5.76 Å². The fraction of sp³-hybridized carbons (Fsp3) is 0.125. The Kier molecular flexibility index (Phi) is 3.90. The van der Waals surface area contributed by atoms with Gasteiger partial charge in [0.2, 0.25) is 5.82 Å². The summed E-state index contributed by atoms with van der Waals surface area (Å²) in [4.78, 5) is 28.0. The van der Waals surface area contributed by atoms with Crippen LogP contribution in [0.15, 0.2) is 54.8 Å². The molecular formula is C16H11N3O5S. The van der Waals surface area contributed by atoms with Crippen molar-refractivity contribution in [3.05, 3.63) is 57.5 Å². The Bertz CT molecular complexity index is 1080. The number of carbonyl (C=O) groups is 1. The topological polar surface area (TPSA) is 100 Å². The molecule has 0 amide bonds. The molecule has 126 valence electrons. The molecule has 3 aromatic heterocycles. The van der Waals surface area contributed by atoms with Crippen LogP contribution >= 0.6 is 11.3 Å². The quantitative estimate of drug-likeness (QED) is 0.506. The third-order valence-corrected chi connectivity index (χ3v) is 4.15. The molecule has 4 rings (SSSR count). The first-order chi connectivity index (χ1) is 12.2. The van der Waals surface area contributed by atoms with Gasteiger partial charge in [0.1, 0.15) is 6.54 Å². The SMILES string of the molecule is O=C(Cn1c(=O)oc2ccccc21)OCc1nc(-c2ccsc2)no1. The molecule has 0 atom stereocenters. The molecule has 0 N–H and O–H groups in total. The predicted octanol–water partition coefficient (Wildman–Crippen LogP) is 2.45. The van der Waals surface area contributed by atoms with Gasteiger partial charge in [-0.25, -0.2) is 4.79 Å². The Hall–Kier alpha value is -3.20. The highest BCUT2D eigenvalue weighted by molar-refractivity contribution is 7.08. The lowest BCUT2D eigenvalue weighted by molar-refractivity contribution is -0.146. The van der Waals surface area contributed by atoms with E-state index in [0.29, 0.717) is 16.9 Å². The van der Waals surface area contributed by atoms with E-state index >= 15 is 0 Å². The highest BCUT2D eigenvalue weighted by atomic mass is 32.1. The molecule has 0 radical (unpaired) electrons. The second-order valence-electron chi connectivity index (χ2n) is 5.11. The highest BCUT2D eigenvalue weighted by Gasteiger charge is 2.15. The fourth-order valence-electron chi connectivity index (χ4n) is 2.30. The number of para-hydroxylation sites is 2. The van der Waals surface area contributed by atoms with Crippen molar-refractivity contribution in [1.82, 2.24) is 14.7 Å². The Morgan fingerprint density at radius 2 is 2.16 bits per heavy atom. The average molecular weight is 357 g/mol. The number of fused-ring (bicyclic) bond motifs is 1. The van der Waals surface area contributed by atoms with Gasteiger partial charge in [-0.05, 0) is 23.6 Å². The monoisotopic (exact) mass is 357 g/mol. The van der Waals surface area contributed by atoms with Gasteiger partial charge in [0.15, 0.2) is 12.2 Å². The third kappa shape index (κ3) is 3.09. The Morgan fingerprint density at radius 3 is 3.00 bits per heavy atom. The van der Waals surface area contributed by atoms with Gasteiger partial charge in [0, 0.05) is 10.9 Å². The maximum absolute atomic E-state index is 12.0. The minimum atomic E-state index is -0.615. The summed E-state index contributed by atoms with van der Waals surface area (Å²) in [6, 6.07) is 8.71. The smallest absolute Gasteiger partial charge is 0.420 e. The van der Waals surface area contributed by atoms with Crippen LogP contribution in [-0.4, -0.2) is 20.7 Å². The van der Waals surface area contributed by atoms with E-state index in [9.17, 15) is 9.59 Å². The van der Waals surface area contributed by atoms with Crippen LogP contribution in [-0.2, 0) is 22.7 Å². The molecule has 4 aromatic rings. The molecule has 0 saturated carbocycles. The van der Waals surface area contributed by atoms with Crippen molar-refractivity contribution in [2.45, 2.75) is 13.2 Å². The van der Waals surface area contributed by atoms with Crippen LogP contribution in [0, 0.1) is 0 Å². The van der Waals surface area contributed by atoms with Gasteiger partial charge in [0.05, 0.1) is 5.52 Å². The number of thiophene rings is 1. The summed E-state index contributed by atoms with van der Waals surface area (Å²) in [6.07, 6.45) is 0. The number of carbonyl (C=O) groups excluding carboxylic acids is 1. The first kappa shape index (κ1) is 15.3. The largest absolute Gasteiger partial charge is 0.454 e. The number of hydrogen-bond donors (Lipinski definition) is 0. The number of esters is 1. The average Bonchev–Trinajstić information content (AvgIpc) is 3.33. The summed E-state index contributed by atoms with van der Waals surface area (Å²) < 4.78 is 16.4. The molecular weight excluding hydrogens is 346 g/mol. The van der Waals surface area contributed by atoms with Gasteiger partial charge in [-0.1, -0.05) is 17.3 Å². The van der Waals surface area contributed by atoms with E-state index in [4.69, 9.17) is 13.7 Å². The van der Waals surface area contributed by atoms with Gasteiger partial charge in [-0.15, -0.1) is 0 Å². The predicted molar refractivity (Wildman–Crippen MR) is 87.9 cm³/mol. The second kappa shape index (κ2) is 6.36. The van der Waals surface area contributed by atoms with E-state index < -0.39 is 11.7 Å². The van der Waals surface area contributed by atoms with Crippen molar-refractivity contribution in [3.63, 3.8) is 0 Å². The van der Waals surface area contributed by atoms with Gasteiger partial charge < -0.3 is 13.7 Å². The normalized spacial score (nSPS) is 11.0. The number of oxazole rings is 1. The minimum absolute atomic E-state index is 0.166. The molecule has 0 aliphatic heterocycles. The van der Waals surface area contributed by atoms with E-state index in [0.717, 1.165) is 5.56 Å². The van der Waals surface area contributed by atoms with Crippen LogP contribution in [0.5, 0.6) is 0 Å². The minimum Gasteiger partial charge on any atom is -0.454 e. The first-order valence-corrected chi connectivity index (χ1v) is 8.24. The zero-order valence-electron chi connectivity index (χ0n) is 12.7. The van der Waals surface area contributed by atoms with Crippen molar-refractivity contribution >= 4 is 28.4 Å². The summed E-state index contributed by atoms with van der Waals surface area (Å²) in [5, 5.41) is 7.61. The lowest BCUT2D eigenvalue weighted by Gasteiger charge is -2.02. The zero-order valence-corrected chi connectivity index (χ0v) is 13.6. The van der Waals surface area contributed by atoms with Gasteiger partial charge in [0.25, 0.3) is 5.89 Å². The lowest BCUT2D eigenvalue weighted by atomic mass is 10.3. The number of aromatic nitrogens is 3. The van der Waals surface area contributed by atoms with Crippen LogP contribution in [0.2, 0.25) is 0 Å². The number of nitrogens with zero attached hydrogens (tertiary/aromatic N) is 3. The zero-order chi connectivity index (χ0) is 17.2. The van der Waals surface area contributed by atoms with Crippen LogP contribution in [0.25, 0.3) is 22.5 Å². The summed E-state index contributed by atoms with van der Waals surface area (Å²) in [5.74, 6) is -0.608. The number of rotatable bonds is 5. The van der Waals surface area contributed by atoms with E-state index in [1.807, 2.05) is 16.8 Å². The summed E-state index contributed by atoms with van der Waals surface area (Å²) in [7, 11) is 0. The standard InChI is InChI=1S/C16H11N3O5S/c20-14(7-19-11-3-1-2-4-12(11)23-16(19)21)22-8-13-17-15(18-24-13)10-5-6-25-9-10/h1-6,9H,7-8H2. The third-order valence-electron chi connectivity index (χ3n) is 3.47. The highest BCUT2D eigenvalue weighted by Crippen LogP contribution is 2.19. The van der Waals surface area contributed by atoms with Crippen molar-refractivity contribution in [3.8, 4) is 11.4 Å². The maximum atomic E-state index is 12.0. The van der Waals surface area contributed by atoms with E-state index in [1.165, 1.54) is 15.9 Å². The molecule has 1 aromatic carbocycles. The summed E-state index contributed by atoms with van der Waals surface area (Å²) in [5.41, 5.74) is 1.78. The van der Waals surface area contributed by atoms with E-state index in [2.05, 4.69) is 10.1 Å². The molecule has 0 aliphatic rings. The first-order valence-electron chi connectivity index (χ1n) is 7.30. The molecule has 25 heavy (non-hydrogen) atoms. The Balaban J connectivity index is 1.42. The van der Waals surface area contributed by atoms with Crippen LogP contribution in [0.1, 0.15) is 5.89 Å². The van der Waals surface area contributed by atoms with Crippen molar-refractivity contribution in [2.75, 3.05) is 0 Å². The Morgan fingerprint density at radius 1 is 1.28 bits per heavy atom. The van der Waals surface area contributed by atoms with Gasteiger partial charge in [-0.3, -0.25) is 9.36 Å². The summed E-state index contributed by atoms with van der Waals surface area (Å²) in [6.45, 7) is -0.429. The van der Waals surface area contributed by atoms with E-state index in [-0.39, 0.29) is 19.0 Å². The number of benzene rings is 1. The molecule has 9 heteroatoms.